The van der Waals surface area contributed by atoms with Gasteiger partial charge in [-0.1, -0.05) is 0 Å². The van der Waals surface area contributed by atoms with Gasteiger partial charge >= 0.3 is 0 Å². The largest absolute Gasteiger partial charge is 0.378 e. The number of hydrogen-bond donors (Lipinski definition) is 1. The van der Waals surface area contributed by atoms with Crippen LogP contribution in [-0.2, 0) is 27.7 Å². The van der Waals surface area contributed by atoms with Crippen molar-refractivity contribution in [2.75, 3.05) is 19.5 Å². The molecule has 1 fully saturated rings. The van der Waals surface area contributed by atoms with E-state index in [9.17, 15) is 8.42 Å². The fraction of sp³-hybridized carbons (Fsp3) is 0.667. The van der Waals surface area contributed by atoms with Crippen LogP contribution in [0.3, 0.4) is 0 Å². The van der Waals surface area contributed by atoms with Crippen molar-refractivity contribution < 1.29 is 13.2 Å². The Morgan fingerprint density at radius 1 is 1.35 bits per heavy atom. The molecule has 1 aromatic heterocycles. The van der Waals surface area contributed by atoms with Crippen LogP contribution in [0.15, 0.2) is 11.2 Å². The van der Waals surface area contributed by atoms with Crippen molar-refractivity contribution in [2.45, 2.75) is 36.6 Å². The van der Waals surface area contributed by atoms with Gasteiger partial charge in [-0.25, -0.2) is 13.4 Å². The molecule has 7 nitrogen and oxygen atoms in total. The molecule has 0 aliphatic carbocycles. The highest BCUT2D eigenvalue weighted by molar-refractivity contribution is 7.90. The first-order valence-corrected chi connectivity index (χ1v) is 8.45. The fourth-order valence-electron chi connectivity index (χ4n) is 2.67. The van der Waals surface area contributed by atoms with Crippen molar-refractivity contribution in [3.63, 3.8) is 0 Å². The molecule has 2 aliphatic heterocycles. The maximum absolute atomic E-state index is 11.5. The summed E-state index contributed by atoms with van der Waals surface area (Å²) in [5.41, 5.74) is 7.50. The fourth-order valence-corrected chi connectivity index (χ4v) is 3.19. The van der Waals surface area contributed by atoms with Gasteiger partial charge in [0, 0.05) is 31.4 Å². The van der Waals surface area contributed by atoms with E-state index in [1.807, 2.05) is 0 Å². The minimum Gasteiger partial charge on any atom is -0.378 e. The third-order valence-electron chi connectivity index (χ3n) is 3.73. The average molecular weight is 298 g/mol. The summed E-state index contributed by atoms with van der Waals surface area (Å²) < 4.78 is 28.5. The maximum atomic E-state index is 11.5. The third-order valence-corrected chi connectivity index (χ3v) is 4.68. The molecule has 2 N–H and O–H groups in total. The second kappa shape index (κ2) is 5.03. The first kappa shape index (κ1) is 13.9. The van der Waals surface area contributed by atoms with Crippen molar-refractivity contribution in [3.8, 4) is 0 Å². The predicted molar refractivity (Wildman–Crippen MR) is 71.6 cm³/mol. The molecule has 20 heavy (non-hydrogen) atoms. The molecule has 0 spiro atoms. The minimum absolute atomic E-state index is 0.0368. The van der Waals surface area contributed by atoms with Crippen LogP contribution in [0.25, 0.3) is 0 Å². The van der Waals surface area contributed by atoms with Crippen LogP contribution >= 0.6 is 0 Å². The number of ether oxygens (including phenoxy) is 1. The smallest absolute Gasteiger partial charge is 0.194 e. The SMILES string of the molecule is CS(=O)(=O)c1cnc2c(n1)CN([C@H]1COC[C@@H](N)C1)C2. The van der Waals surface area contributed by atoms with Gasteiger partial charge < -0.3 is 10.5 Å². The van der Waals surface area contributed by atoms with E-state index in [-0.39, 0.29) is 17.1 Å². The number of rotatable bonds is 2. The molecule has 0 aromatic carbocycles. The highest BCUT2D eigenvalue weighted by Crippen LogP contribution is 2.25. The van der Waals surface area contributed by atoms with Crippen molar-refractivity contribution in [3.05, 3.63) is 17.6 Å². The number of nitrogens with two attached hydrogens (primary N) is 1. The lowest BCUT2D eigenvalue weighted by Crippen LogP contribution is -2.46. The summed E-state index contributed by atoms with van der Waals surface area (Å²) in [6.45, 7) is 2.53. The Kier molecular flexibility index (Phi) is 3.49. The molecule has 0 bridgehead atoms. The lowest BCUT2D eigenvalue weighted by atomic mass is 10.1. The van der Waals surface area contributed by atoms with Gasteiger partial charge in [-0.2, -0.15) is 0 Å². The van der Waals surface area contributed by atoms with Crippen LogP contribution in [0.2, 0.25) is 0 Å². The average Bonchev–Trinajstić information content (AvgIpc) is 2.80. The molecular weight excluding hydrogens is 280 g/mol. The van der Waals surface area contributed by atoms with Gasteiger partial charge in [0.25, 0.3) is 0 Å². The molecule has 2 atom stereocenters. The quantitative estimate of drug-likeness (QED) is 0.771. The summed E-state index contributed by atoms with van der Waals surface area (Å²) in [5.74, 6) is 0. The van der Waals surface area contributed by atoms with Gasteiger partial charge in [0.15, 0.2) is 14.9 Å². The zero-order chi connectivity index (χ0) is 14.3. The molecule has 1 aromatic rings. The molecule has 8 heteroatoms. The van der Waals surface area contributed by atoms with E-state index in [0.29, 0.717) is 26.3 Å². The topological polar surface area (TPSA) is 98.4 Å². The van der Waals surface area contributed by atoms with E-state index in [4.69, 9.17) is 10.5 Å². The van der Waals surface area contributed by atoms with E-state index in [0.717, 1.165) is 24.1 Å². The highest BCUT2D eigenvalue weighted by Gasteiger charge is 2.32. The molecule has 0 amide bonds. The molecule has 0 radical (unpaired) electrons. The van der Waals surface area contributed by atoms with Crippen molar-refractivity contribution in [2.24, 2.45) is 5.73 Å². The van der Waals surface area contributed by atoms with Crippen LogP contribution < -0.4 is 5.73 Å². The summed E-state index contributed by atoms with van der Waals surface area (Å²) >= 11 is 0. The Morgan fingerprint density at radius 3 is 2.80 bits per heavy atom. The maximum Gasteiger partial charge on any atom is 0.194 e. The Bertz CT molecular complexity index is 619. The molecular formula is C12H18N4O3S. The van der Waals surface area contributed by atoms with Crippen LogP contribution in [-0.4, -0.2) is 54.8 Å². The second-order valence-electron chi connectivity index (χ2n) is 5.47. The van der Waals surface area contributed by atoms with Crippen LogP contribution in [0.5, 0.6) is 0 Å². The van der Waals surface area contributed by atoms with Crippen LogP contribution in [0.1, 0.15) is 17.8 Å². The summed E-state index contributed by atoms with van der Waals surface area (Å²) in [6, 6.07) is 0.307. The molecule has 110 valence electrons. The second-order valence-corrected chi connectivity index (χ2v) is 7.43. The van der Waals surface area contributed by atoms with Crippen molar-refractivity contribution in [1.82, 2.24) is 14.9 Å². The first-order valence-electron chi connectivity index (χ1n) is 6.55. The monoisotopic (exact) mass is 298 g/mol. The number of fused-ring (bicyclic) bond motifs is 1. The van der Waals surface area contributed by atoms with Gasteiger partial charge in [-0.05, 0) is 6.42 Å². The van der Waals surface area contributed by atoms with Gasteiger partial charge in [-0.3, -0.25) is 9.88 Å². The standard InChI is InChI=1S/C12H18N4O3S/c1-20(17,18)12-3-14-10-4-16(5-11(10)15-12)9-2-8(13)6-19-7-9/h3,8-9H,2,4-7,13H2,1H3/t8-,9+/m0/s1. The highest BCUT2D eigenvalue weighted by atomic mass is 32.2. The molecule has 3 rings (SSSR count). The predicted octanol–water partition coefficient (Wildman–Crippen LogP) is -0.688. The molecule has 1 saturated heterocycles. The van der Waals surface area contributed by atoms with E-state index in [1.54, 1.807) is 0 Å². The Hall–Kier alpha value is -1.09. The van der Waals surface area contributed by atoms with E-state index < -0.39 is 9.84 Å². The van der Waals surface area contributed by atoms with Gasteiger partial charge in [0.05, 0.1) is 30.8 Å². The van der Waals surface area contributed by atoms with Gasteiger partial charge in [0.1, 0.15) is 0 Å². The first-order chi connectivity index (χ1) is 9.43. The number of hydrogen-bond acceptors (Lipinski definition) is 7. The summed E-state index contributed by atoms with van der Waals surface area (Å²) in [4.78, 5) is 10.7. The normalized spacial score (nSPS) is 27.5. The molecule has 0 saturated carbocycles. The number of sulfone groups is 1. The molecule has 3 heterocycles. The van der Waals surface area contributed by atoms with Gasteiger partial charge in [-0.15, -0.1) is 0 Å². The van der Waals surface area contributed by atoms with Gasteiger partial charge in [0.2, 0.25) is 0 Å². The van der Waals surface area contributed by atoms with Crippen molar-refractivity contribution in [1.29, 1.82) is 0 Å². The molecule has 2 aliphatic rings. The Balaban J connectivity index is 1.78. The van der Waals surface area contributed by atoms with E-state index in [2.05, 4.69) is 14.9 Å². The number of aromatic nitrogens is 2. The third kappa shape index (κ3) is 2.69. The molecule has 0 unspecified atom stereocenters. The Labute approximate surface area is 118 Å². The summed E-state index contributed by atoms with van der Waals surface area (Å²) in [5, 5.41) is 0.0368. The number of nitrogens with zero attached hydrogens (tertiary/aromatic N) is 3. The zero-order valence-electron chi connectivity index (χ0n) is 11.3. The lowest BCUT2D eigenvalue weighted by molar-refractivity contribution is 0.00509. The summed E-state index contributed by atoms with van der Waals surface area (Å²) in [6.07, 6.45) is 3.36. The summed E-state index contributed by atoms with van der Waals surface area (Å²) in [7, 11) is -3.31. The van der Waals surface area contributed by atoms with E-state index >= 15 is 0 Å². The lowest BCUT2D eigenvalue weighted by Gasteiger charge is -2.33. The Morgan fingerprint density at radius 2 is 2.10 bits per heavy atom. The zero-order valence-corrected chi connectivity index (χ0v) is 12.1. The van der Waals surface area contributed by atoms with Crippen LogP contribution in [0.4, 0.5) is 0 Å². The van der Waals surface area contributed by atoms with E-state index in [1.165, 1.54) is 6.20 Å². The van der Waals surface area contributed by atoms with Crippen molar-refractivity contribution >= 4 is 9.84 Å². The minimum atomic E-state index is -3.31. The van der Waals surface area contributed by atoms with Crippen LogP contribution in [0, 0.1) is 0 Å².